The highest BCUT2D eigenvalue weighted by molar-refractivity contribution is 6.30. The lowest BCUT2D eigenvalue weighted by Gasteiger charge is -2.19. The van der Waals surface area contributed by atoms with Crippen molar-refractivity contribution in [3.8, 4) is 0 Å². The lowest BCUT2D eigenvalue weighted by Crippen LogP contribution is -2.27. The van der Waals surface area contributed by atoms with Crippen LogP contribution in [0.4, 0.5) is 4.39 Å². The summed E-state index contributed by atoms with van der Waals surface area (Å²) < 4.78 is 19.4. The van der Waals surface area contributed by atoms with E-state index in [1.54, 1.807) is 12.1 Å². The highest BCUT2D eigenvalue weighted by Crippen LogP contribution is 2.21. The van der Waals surface area contributed by atoms with Crippen LogP contribution in [0.1, 0.15) is 38.3 Å². The van der Waals surface area contributed by atoms with Crippen molar-refractivity contribution in [2.45, 2.75) is 32.7 Å². The van der Waals surface area contributed by atoms with E-state index in [1.165, 1.54) is 6.07 Å². The van der Waals surface area contributed by atoms with E-state index < -0.39 is 0 Å². The number of rotatable bonds is 8. The van der Waals surface area contributed by atoms with E-state index in [-0.39, 0.29) is 11.9 Å². The summed E-state index contributed by atoms with van der Waals surface area (Å²) in [6.07, 6.45) is 1.96. The Morgan fingerprint density at radius 1 is 1.33 bits per heavy atom. The fraction of sp³-hybridized carbons (Fsp3) is 0.571. The Morgan fingerprint density at radius 3 is 2.72 bits per heavy atom. The summed E-state index contributed by atoms with van der Waals surface area (Å²) >= 11 is 5.76. The molecule has 2 nitrogen and oxygen atoms in total. The monoisotopic (exact) mass is 273 g/mol. The summed E-state index contributed by atoms with van der Waals surface area (Å²) in [7, 11) is 0. The van der Waals surface area contributed by atoms with Gasteiger partial charge < -0.3 is 10.1 Å². The van der Waals surface area contributed by atoms with Crippen LogP contribution in [0.3, 0.4) is 0 Å². The minimum Gasteiger partial charge on any atom is -0.379 e. The summed E-state index contributed by atoms with van der Waals surface area (Å²) in [6, 6.07) is 4.66. The second-order valence-electron chi connectivity index (χ2n) is 4.25. The Kier molecular flexibility index (Phi) is 7.25. The number of hydrogen-bond acceptors (Lipinski definition) is 2. The van der Waals surface area contributed by atoms with Crippen LogP contribution in [0.15, 0.2) is 18.2 Å². The minimum atomic E-state index is -0.281. The Balaban J connectivity index is 2.73. The van der Waals surface area contributed by atoms with Gasteiger partial charge in [-0.1, -0.05) is 31.5 Å². The molecule has 1 aromatic carbocycles. The molecule has 0 aromatic heterocycles. The maximum atomic E-state index is 13.9. The molecule has 0 fully saturated rings. The summed E-state index contributed by atoms with van der Waals surface area (Å²) in [5.41, 5.74) is 0.615. The molecule has 1 rings (SSSR count). The van der Waals surface area contributed by atoms with E-state index in [0.717, 1.165) is 19.4 Å². The molecule has 1 unspecified atom stereocenters. The first-order valence-corrected chi connectivity index (χ1v) is 6.82. The molecular weight excluding hydrogens is 253 g/mol. The molecule has 0 radical (unpaired) electrons. The Hall–Kier alpha value is -0.640. The van der Waals surface area contributed by atoms with Gasteiger partial charge in [-0.3, -0.25) is 0 Å². The second kappa shape index (κ2) is 8.46. The van der Waals surface area contributed by atoms with E-state index in [1.807, 2.05) is 0 Å². The maximum Gasteiger partial charge on any atom is 0.129 e. The Morgan fingerprint density at radius 2 is 2.11 bits per heavy atom. The van der Waals surface area contributed by atoms with Crippen LogP contribution >= 0.6 is 11.6 Å². The molecule has 0 heterocycles. The van der Waals surface area contributed by atoms with Gasteiger partial charge >= 0.3 is 0 Å². The quantitative estimate of drug-likeness (QED) is 0.724. The molecule has 4 heteroatoms. The normalized spacial score (nSPS) is 12.7. The van der Waals surface area contributed by atoms with E-state index in [0.29, 0.717) is 23.8 Å². The van der Waals surface area contributed by atoms with Crippen molar-refractivity contribution in [1.82, 2.24) is 5.32 Å². The van der Waals surface area contributed by atoms with Crippen LogP contribution in [0.2, 0.25) is 5.02 Å². The van der Waals surface area contributed by atoms with E-state index in [2.05, 4.69) is 19.2 Å². The first-order valence-electron chi connectivity index (χ1n) is 6.45. The van der Waals surface area contributed by atoms with E-state index in [4.69, 9.17) is 16.3 Å². The van der Waals surface area contributed by atoms with Crippen LogP contribution in [0.25, 0.3) is 0 Å². The third-order valence-corrected chi connectivity index (χ3v) is 2.85. The molecule has 0 spiro atoms. The summed E-state index contributed by atoms with van der Waals surface area (Å²) in [4.78, 5) is 0. The Labute approximate surface area is 113 Å². The summed E-state index contributed by atoms with van der Waals surface area (Å²) in [6.45, 7) is 6.14. The number of halogens is 2. The number of hydrogen-bond donors (Lipinski definition) is 1. The van der Waals surface area contributed by atoms with Gasteiger partial charge in [0.25, 0.3) is 0 Å². The second-order valence-corrected chi connectivity index (χ2v) is 4.68. The highest BCUT2D eigenvalue weighted by atomic mass is 35.5. The van der Waals surface area contributed by atoms with Crippen molar-refractivity contribution in [2.75, 3.05) is 19.8 Å². The van der Waals surface area contributed by atoms with Gasteiger partial charge in [0, 0.05) is 17.2 Å². The summed E-state index contributed by atoms with van der Waals surface area (Å²) in [5.74, 6) is -0.281. The average molecular weight is 274 g/mol. The molecule has 0 saturated carbocycles. The molecule has 0 aliphatic carbocycles. The summed E-state index contributed by atoms with van der Waals surface area (Å²) in [5, 5.41) is 3.71. The smallest absolute Gasteiger partial charge is 0.129 e. The zero-order chi connectivity index (χ0) is 13.4. The molecule has 18 heavy (non-hydrogen) atoms. The third kappa shape index (κ3) is 4.92. The highest BCUT2D eigenvalue weighted by Gasteiger charge is 2.15. The predicted molar refractivity (Wildman–Crippen MR) is 73.6 cm³/mol. The molecule has 0 saturated heterocycles. The molecule has 0 amide bonds. The van der Waals surface area contributed by atoms with Crippen LogP contribution in [-0.2, 0) is 4.74 Å². The van der Waals surface area contributed by atoms with Gasteiger partial charge in [0.05, 0.1) is 12.6 Å². The number of nitrogens with one attached hydrogen (secondary N) is 1. The third-order valence-electron chi connectivity index (χ3n) is 2.61. The fourth-order valence-electron chi connectivity index (χ4n) is 1.71. The van der Waals surface area contributed by atoms with Gasteiger partial charge in [0.15, 0.2) is 0 Å². The standard InChI is InChI=1S/C14H21ClFNO/c1-3-7-17-14(10-18-8-4-2)12-6-5-11(15)9-13(12)16/h5-6,9,14,17H,3-4,7-8,10H2,1-2H3. The maximum absolute atomic E-state index is 13.9. The molecular formula is C14H21ClFNO. The topological polar surface area (TPSA) is 21.3 Å². The number of benzene rings is 1. The van der Waals surface area contributed by atoms with E-state index in [9.17, 15) is 4.39 Å². The predicted octanol–water partition coefficient (Wildman–Crippen LogP) is 3.95. The first-order chi connectivity index (χ1) is 8.69. The molecule has 0 aliphatic heterocycles. The molecule has 1 N–H and O–H groups in total. The van der Waals surface area contributed by atoms with Crippen molar-refractivity contribution < 1.29 is 9.13 Å². The van der Waals surface area contributed by atoms with Crippen LogP contribution < -0.4 is 5.32 Å². The molecule has 1 aromatic rings. The van der Waals surface area contributed by atoms with Crippen LogP contribution in [0.5, 0.6) is 0 Å². The lowest BCUT2D eigenvalue weighted by molar-refractivity contribution is 0.111. The fourth-order valence-corrected chi connectivity index (χ4v) is 1.87. The molecule has 102 valence electrons. The molecule has 1 atom stereocenters. The Bertz CT molecular complexity index is 360. The van der Waals surface area contributed by atoms with Gasteiger partial charge in [-0.15, -0.1) is 0 Å². The van der Waals surface area contributed by atoms with Gasteiger partial charge in [0.1, 0.15) is 5.82 Å². The van der Waals surface area contributed by atoms with Crippen LogP contribution in [0, 0.1) is 5.82 Å². The largest absolute Gasteiger partial charge is 0.379 e. The zero-order valence-electron chi connectivity index (χ0n) is 11.0. The van der Waals surface area contributed by atoms with Crippen molar-refractivity contribution in [3.63, 3.8) is 0 Å². The SMILES string of the molecule is CCCNC(COCCC)c1ccc(Cl)cc1F. The van der Waals surface area contributed by atoms with Gasteiger partial charge in [-0.2, -0.15) is 0 Å². The van der Waals surface area contributed by atoms with Crippen molar-refractivity contribution in [3.05, 3.63) is 34.6 Å². The van der Waals surface area contributed by atoms with Crippen molar-refractivity contribution >= 4 is 11.6 Å². The van der Waals surface area contributed by atoms with Gasteiger partial charge in [-0.25, -0.2) is 4.39 Å². The van der Waals surface area contributed by atoms with Crippen molar-refractivity contribution in [2.24, 2.45) is 0 Å². The van der Waals surface area contributed by atoms with Crippen molar-refractivity contribution in [1.29, 1.82) is 0 Å². The zero-order valence-corrected chi connectivity index (χ0v) is 11.8. The van der Waals surface area contributed by atoms with E-state index >= 15 is 0 Å². The van der Waals surface area contributed by atoms with Gasteiger partial charge in [-0.05, 0) is 31.5 Å². The number of ether oxygens (including phenoxy) is 1. The lowest BCUT2D eigenvalue weighted by atomic mass is 10.1. The minimum absolute atomic E-state index is 0.117. The van der Waals surface area contributed by atoms with Crippen LogP contribution in [-0.4, -0.2) is 19.8 Å². The van der Waals surface area contributed by atoms with Gasteiger partial charge in [0.2, 0.25) is 0 Å². The first kappa shape index (κ1) is 15.4. The average Bonchev–Trinajstić information content (AvgIpc) is 2.34. The molecule has 0 bridgehead atoms. The molecule has 0 aliphatic rings.